The first-order chi connectivity index (χ1) is 14.5. The van der Waals surface area contributed by atoms with E-state index in [0.717, 1.165) is 0 Å². The van der Waals surface area contributed by atoms with Gasteiger partial charge >= 0.3 is 0 Å². The Labute approximate surface area is 170 Å². The van der Waals surface area contributed by atoms with Gasteiger partial charge in [0.25, 0.3) is 11.5 Å². The predicted molar refractivity (Wildman–Crippen MR) is 110 cm³/mol. The van der Waals surface area contributed by atoms with Crippen LogP contribution in [0.2, 0.25) is 0 Å². The molecule has 4 rings (SSSR count). The zero-order valence-electron chi connectivity index (χ0n) is 16.0. The van der Waals surface area contributed by atoms with Crippen molar-refractivity contribution in [2.24, 2.45) is 7.05 Å². The molecule has 1 amide bonds. The Hall–Kier alpha value is -4.25. The molecule has 2 aromatic heterocycles. The molecule has 7 nitrogen and oxygen atoms in total. The van der Waals surface area contributed by atoms with Crippen LogP contribution < -0.4 is 10.9 Å². The average molecular weight is 401 g/mol. The molecule has 30 heavy (non-hydrogen) atoms. The molecule has 0 fully saturated rings. The van der Waals surface area contributed by atoms with Crippen LogP contribution in [0.25, 0.3) is 10.8 Å². The highest BCUT2D eigenvalue weighted by Crippen LogP contribution is 2.18. The number of rotatable bonds is 4. The van der Waals surface area contributed by atoms with E-state index in [0.29, 0.717) is 27.6 Å². The Morgan fingerprint density at radius 3 is 2.67 bits per heavy atom. The number of carbonyl (C=O) groups is 1. The van der Waals surface area contributed by atoms with E-state index in [1.165, 1.54) is 35.2 Å². The van der Waals surface area contributed by atoms with Crippen LogP contribution in [-0.2, 0) is 13.6 Å². The molecule has 0 atom stereocenters. The van der Waals surface area contributed by atoms with Crippen LogP contribution in [0, 0.1) is 17.1 Å². The van der Waals surface area contributed by atoms with E-state index < -0.39 is 5.82 Å². The quantitative estimate of drug-likeness (QED) is 0.569. The SMILES string of the molecule is Cn1cc(NC(=O)c2cn(Cc3ccc(F)c(C#N)c3)c(=O)c3ccccc23)cn1. The Bertz CT molecular complexity index is 1380. The number of aryl methyl sites for hydroxylation is 1. The molecule has 2 aromatic carbocycles. The Kier molecular flexibility index (Phi) is 4.86. The lowest BCUT2D eigenvalue weighted by Crippen LogP contribution is -2.24. The molecule has 0 radical (unpaired) electrons. The molecule has 4 aromatic rings. The number of nitrogens with zero attached hydrogens (tertiary/aromatic N) is 4. The maximum Gasteiger partial charge on any atom is 0.258 e. The Morgan fingerprint density at radius 1 is 1.20 bits per heavy atom. The van der Waals surface area contributed by atoms with Gasteiger partial charge in [-0.3, -0.25) is 14.3 Å². The summed E-state index contributed by atoms with van der Waals surface area (Å²) in [6.45, 7) is 0.0891. The van der Waals surface area contributed by atoms with Gasteiger partial charge in [-0.15, -0.1) is 0 Å². The third-order valence-electron chi connectivity index (χ3n) is 4.70. The molecular weight excluding hydrogens is 385 g/mol. The normalized spacial score (nSPS) is 10.7. The highest BCUT2D eigenvalue weighted by Gasteiger charge is 2.16. The average Bonchev–Trinajstić information content (AvgIpc) is 3.15. The molecule has 0 saturated heterocycles. The minimum atomic E-state index is -0.622. The summed E-state index contributed by atoms with van der Waals surface area (Å²) in [5.41, 5.74) is 1.03. The number of halogens is 1. The summed E-state index contributed by atoms with van der Waals surface area (Å²) >= 11 is 0. The molecule has 0 aliphatic carbocycles. The minimum Gasteiger partial charge on any atom is -0.319 e. The Balaban J connectivity index is 1.79. The van der Waals surface area contributed by atoms with Crippen molar-refractivity contribution in [3.63, 3.8) is 0 Å². The lowest BCUT2D eigenvalue weighted by Gasteiger charge is -2.12. The molecule has 0 spiro atoms. The zero-order chi connectivity index (χ0) is 21.3. The summed E-state index contributed by atoms with van der Waals surface area (Å²) < 4.78 is 16.6. The van der Waals surface area contributed by atoms with E-state index in [1.54, 1.807) is 48.3 Å². The summed E-state index contributed by atoms with van der Waals surface area (Å²) in [6.07, 6.45) is 4.67. The summed E-state index contributed by atoms with van der Waals surface area (Å²) in [5, 5.41) is 16.8. The van der Waals surface area contributed by atoms with Crippen molar-refractivity contribution in [1.29, 1.82) is 5.26 Å². The third-order valence-corrected chi connectivity index (χ3v) is 4.70. The van der Waals surface area contributed by atoms with Gasteiger partial charge in [0, 0.05) is 30.2 Å². The number of pyridine rings is 1. The first-order valence-corrected chi connectivity index (χ1v) is 9.07. The highest BCUT2D eigenvalue weighted by atomic mass is 19.1. The maximum atomic E-state index is 13.6. The molecule has 2 heterocycles. The molecule has 0 unspecified atom stereocenters. The fraction of sp³-hybridized carbons (Fsp3) is 0.0909. The second-order valence-corrected chi connectivity index (χ2v) is 6.80. The number of nitriles is 1. The first kappa shape index (κ1) is 19.1. The van der Waals surface area contributed by atoms with Gasteiger partial charge in [0.15, 0.2) is 0 Å². The summed E-state index contributed by atoms with van der Waals surface area (Å²) in [5.74, 6) is -1.01. The van der Waals surface area contributed by atoms with Crippen LogP contribution >= 0.6 is 0 Å². The van der Waals surface area contributed by atoms with E-state index in [2.05, 4.69) is 10.4 Å². The van der Waals surface area contributed by atoms with Crippen LogP contribution in [-0.4, -0.2) is 20.3 Å². The van der Waals surface area contributed by atoms with E-state index in [-0.39, 0.29) is 23.6 Å². The second kappa shape index (κ2) is 7.64. The lowest BCUT2D eigenvalue weighted by molar-refractivity contribution is 0.102. The van der Waals surface area contributed by atoms with Crippen LogP contribution in [0.1, 0.15) is 21.5 Å². The third kappa shape index (κ3) is 3.56. The van der Waals surface area contributed by atoms with Gasteiger partial charge in [-0.1, -0.05) is 24.3 Å². The number of benzene rings is 2. The molecule has 1 N–H and O–H groups in total. The van der Waals surface area contributed by atoms with Crippen LogP contribution in [0.5, 0.6) is 0 Å². The van der Waals surface area contributed by atoms with Crippen LogP contribution in [0.15, 0.2) is 65.8 Å². The van der Waals surface area contributed by atoms with Gasteiger partial charge < -0.3 is 9.88 Å². The fourth-order valence-electron chi connectivity index (χ4n) is 3.28. The predicted octanol–water partition coefficient (Wildman–Crippen LogP) is 3.05. The molecule has 0 aliphatic rings. The van der Waals surface area contributed by atoms with Gasteiger partial charge in [-0.2, -0.15) is 10.4 Å². The number of aromatic nitrogens is 3. The maximum absolute atomic E-state index is 13.6. The number of amides is 1. The summed E-state index contributed by atoms with van der Waals surface area (Å²) in [4.78, 5) is 25.9. The number of nitrogens with one attached hydrogen (secondary N) is 1. The Morgan fingerprint density at radius 2 is 1.97 bits per heavy atom. The number of carbonyl (C=O) groups excluding carboxylic acids is 1. The van der Waals surface area contributed by atoms with Crippen molar-refractivity contribution in [2.45, 2.75) is 6.54 Å². The molecule has 148 valence electrons. The van der Waals surface area contributed by atoms with Crippen molar-refractivity contribution in [1.82, 2.24) is 14.3 Å². The summed E-state index contributed by atoms with van der Waals surface area (Å²) in [7, 11) is 1.74. The number of anilines is 1. The van der Waals surface area contributed by atoms with Gasteiger partial charge in [0.1, 0.15) is 11.9 Å². The van der Waals surface area contributed by atoms with Crippen molar-refractivity contribution in [2.75, 3.05) is 5.32 Å². The number of hydrogen-bond acceptors (Lipinski definition) is 4. The van der Waals surface area contributed by atoms with Crippen molar-refractivity contribution in [3.8, 4) is 6.07 Å². The standard InChI is InChI=1S/C22H16FN5O2/c1-27-12-16(10-25-27)26-21(29)19-13-28(22(30)18-5-3-2-4-17(18)19)11-14-6-7-20(23)15(8-14)9-24/h2-8,10,12-13H,11H2,1H3,(H,26,29). The van der Waals surface area contributed by atoms with E-state index in [1.807, 2.05) is 0 Å². The monoisotopic (exact) mass is 401 g/mol. The van der Waals surface area contributed by atoms with E-state index in [9.17, 15) is 14.0 Å². The lowest BCUT2D eigenvalue weighted by atomic mass is 10.1. The van der Waals surface area contributed by atoms with E-state index in [4.69, 9.17) is 5.26 Å². The highest BCUT2D eigenvalue weighted by molar-refractivity contribution is 6.12. The van der Waals surface area contributed by atoms with Crippen molar-refractivity contribution in [3.05, 3.63) is 93.9 Å². The van der Waals surface area contributed by atoms with Crippen molar-refractivity contribution < 1.29 is 9.18 Å². The first-order valence-electron chi connectivity index (χ1n) is 9.07. The van der Waals surface area contributed by atoms with Gasteiger partial charge in [-0.25, -0.2) is 4.39 Å². The number of hydrogen-bond donors (Lipinski definition) is 1. The van der Waals surface area contributed by atoms with Crippen molar-refractivity contribution >= 4 is 22.4 Å². The van der Waals surface area contributed by atoms with E-state index >= 15 is 0 Å². The summed E-state index contributed by atoms with van der Waals surface area (Å²) in [6, 6.07) is 12.7. The molecular formula is C22H16FN5O2. The fourth-order valence-corrected chi connectivity index (χ4v) is 3.28. The van der Waals surface area contributed by atoms with Crippen LogP contribution in [0.3, 0.4) is 0 Å². The molecule has 8 heteroatoms. The van der Waals surface area contributed by atoms with Gasteiger partial charge in [0.2, 0.25) is 0 Å². The second-order valence-electron chi connectivity index (χ2n) is 6.80. The minimum absolute atomic E-state index is 0.0891. The van der Waals surface area contributed by atoms with Gasteiger partial charge in [-0.05, 0) is 23.8 Å². The van der Waals surface area contributed by atoms with Crippen LogP contribution in [0.4, 0.5) is 10.1 Å². The molecule has 0 aliphatic heterocycles. The molecule has 0 saturated carbocycles. The smallest absolute Gasteiger partial charge is 0.258 e. The topological polar surface area (TPSA) is 92.7 Å². The molecule has 0 bridgehead atoms. The number of fused-ring (bicyclic) bond motifs is 1. The zero-order valence-corrected chi connectivity index (χ0v) is 16.0. The van der Waals surface area contributed by atoms with Gasteiger partial charge in [0.05, 0.1) is 29.6 Å². The largest absolute Gasteiger partial charge is 0.319 e.